The van der Waals surface area contributed by atoms with Crippen LogP contribution >= 0.6 is 0 Å². The molecule has 3 rings (SSSR count). The Kier molecular flexibility index (Phi) is 5.72. The number of fused-ring (bicyclic) bond motifs is 1. The van der Waals surface area contributed by atoms with E-state index >= 15 is 0 Å². The van der Waals surface area contributed by atoms with E-state index in [1.54, 1.807) is 6.08 Å². The molecule has 0 radical (unpaired) electrons. The van der Waals surface area contributed by atoms with Gasteiger partial charge in [0.15, 0.2) is 11.6 Å². The number of alkyl halides is 3. The first kappa shape index (κ1) is 20.3. The summed E-state index contributed by atoms with van der Waals surface area (Å²) in [5.41, 5.74) is 1.52. The molecule has 0 unspecified atom stereocenters. The maximum Gasteiger partial charge on any atom is 0.573 e. The minimum absolute atomic E-state index is 0.0146. The molecule has 0 aromatic heterocycles. The highest BCUT2D eigenvalue weighted by Crippen LogP contribution is 2.35. The summed E-state index contributed by atoms with van der Waals surface area (Å²) < 4.78 is 83.8. The van der Waals surface area contributed by atoms with Gasteiger partial charge in [0.25, 0.3) is 0 Å². The molecule has 0 N–H and O–H groups in total. The number of ether oxygens (including phenoxy) is 1. The highest BCUT2D eigenvalue weighted by atomic mass is 19.4. The Hall–Kier alpha value is -2.44. The Balaban J connectivity index is 1.88. The summed E-state index contributed by atoms with van der Waals surface area (Å²) in [5.74, 6) is -3.48. The van der Waals surface area contributed by atoms with Gasteiger partial charge in [0.1, 0.15) is 11.6 Å². The summed E-state index contributed by atoms with van der Waals surface area (Å²) in [6, 6.07) is 4.50. The molecule has 0 spiro atoms. The number of hydrogen-bond acceptors (Lipinski definition) is 1. The third-order valence-electron chi connectivity index (χ3n) is 4.67. The number of aryl methyl sites for hydroxylation is 1. The molecule has 0 amide bonds. The number of benzene rings is 2. The van der Waals surface area contributed by atoms with E-state index < -0.39 is 29.6 Å². The first-order chi connectivity index (χ1) is 13.2. The van der Waals surface area contributed by atoms with Gasteiger partial charge in [-0.15, -0.1) is 13.2 Å². The van der Waals surface area contributed by atoms with Crippen molar-refractivity contribution < 1.29 is 31.1 Å². The zero-order valence-corrected chi connectivity index (χ0v) is 15.1. The average molecular weight is 400 g/mol. The molecule has 1 nitrogen and oxygen atoms in total. The lowest BCUT2D eigenvalue weighted by molar-refractivity contribution is -0.275. The fourth-order valence-electron chi connectivity index (χ4n) is 3.35. The third-order valence-corrected chi connectivity index (χ3v) is 4.67. The maximum atomic E-state index is 14.5. The van der Waals surface area contributed by atoms with Crippen LogP contribution in [0.2, 0.25) is 0 Å². The molecule has 0 bridgehead atoms. The van der Waals surface area contributed by atoms with Gasteiger partial charge in [0.05, 0.1) is 0 Å². The number of unbranched alkanes of at least 4 members (excludes halogenated alkanes) is 1. The molecule has 28 heavy (non-hydrogen) atoms. The molecule has 1 aliphatic carbocycles. The van der Waals surface area contributed by atoms with Crippen LogP contribution in [-0.2, 0) is 19.3 Å². The average Bonchev–Trinajstić information content (AvgIpc) is 2.59. The molecule has 2 aromatic rings. The second-order valence-corrected chi connectivity index (χ2v) is 6.75. The minimum Gasteiger partial charge on any atom is -0.403 e. The smallest absolute Gasteiger partial charge is 0.403 e. The van der Waals surface area contributed by atoms with Gasteiger partial charge in [0, 0.05) is 5.56 Å². The van der Waals surface area contributed by atoms with E-state index in [4.69, 9.17) is 0 Å². The van der Waals surface area contributed by atoms with E-state index in [9.17, 15) is 26.3 Å². The highest BCUT2D eigenvalue weighted by molar-refractivity contribution is 5.72. The summed E-state index contributed by atoms with van der Waals surface area (Å²) in [7, 11) is 0. The van der Waals surface area contributed by atoms with Crippen molar-refractivity contribution in [1.82, 2.24) is 0 Å². The van der Waals surface area contributed by atoms with Crippen LogP contribution in [0.5, 0.6) is 5.75 Å². The van der Waals surface area contributed by atoms with Crippen LogP contribution in [-0.4, -0.2) is 6.36 Å². The zero-order chi connectivity index (χ0) is 20.5. The predicted molar refractivity (Wildman–Crippen MR) is 93.4 cm³/mol. The second-order valence-electron chi connectivity index (χ2n) is 6.75. The number of rotatable bonds is 5. The molecule has 0 saturated carbocycles. The Morgan fingerprint density at radius 1 is 0.929 bits per heavy atom. The molecule has 0 heterocycles. The van der Waals surface area contributed by atoms with Gasteiger partial charge in [-0.1, -0.05) is 19.4 Å². The van der Waals surface area contributed by atoms with E-state index in [-0.39, 0.29) is 18.4 Å². The molecular formula is C21H18F6O. The highest BCUT2D eigenvalue weighted by Gasteiger charge is 2.33. The van der Waals surface area contributed by atoms with Gasteiger partial charge < -0.3 is 4.74 Å². The Bertz CT molecular complexity index is 891. The molecule has 0 fully saturated rings. The molecule has 150 valence electrons. The first-order valence-electron chi connectivity index (χ1n) is 8.92. The second kappa shape index (κ2) is 7.89. The SMILES string of the molecule is CCCCc1cc(F)c(C2=CCc3cc(OC(F)(F)F)c(F)cc3C2)c(F)c1. The molecular weight excluding hydrogens is 382 g/mol. The standard InChI is InChI=1S/C21H18F6O/c1-2-3-4-12-7-17(23)20(18(24)8-12)14-6-5-13-11-19(28-21(25,26)27)16(22)10-15(13)9-14/h6-8,10-11H,2-5,9H2,1H3. The van der Waals surface area contributed by atoms with E-state index in [0.717, 1.165) is 25.0 Å². The summed E-state index contributed by atoms with van der Waals surface area (Å²) in [6.45, 7) is 1.98. The van der Waals surface area contributed by atoms with Gasteiger partial charge in [-0.3, -0.25) is 0 Å². The lowest BCUT2D eigenvalue weighted by atomic mass is 9.87. The summed E-state index contributed by atoms with van der Waals surface area (Å²) >= 11 is 0. The van der Waals surface area contributed by atoms with Gasteiger partial charge in [0.2, 0.25) is 0 Å². The fourth-order valence-corrected chi connectivity index (χ4v) is 3.35. The third kappa shape index (κ3) is 4.51. The lowest BCUT2D eigenvalue weighted by Gasteiger charge is -2.20. The fraction of sp³-hybridized carbons (Fsp3) is 0.333. The van der Waals surface area contributed by atoms with Gasteiger partial charge in [-0.25, -0.2) is 13.2 Å². The van der Waals surface area contributed by atoms with Crippen LogP contribution in [0, 0.1) is 17.5 Å². The lowest BCUT2D eigenvalue weighted by Crippen LogP contribution is -2.18. The van der Waals surface area contributed by atoms with Crippen molar-refractivity contribution in [2.75, 3.05) is 0 Å². The molecule has 2 aromatic carbocycles. The molecule has 1 aliphatic rings. The minimum atomic E-state index is -5.00. The van der Waals surface area contributed by atoms with E-state index in [0.29, 0.717) is 28.7 Å². The number of halogens is 6. The predicted octanol–water partition coefficient (Wildman–Crippen LogP) is 6.53. The first-order valence-corrected chi connectivity index (χ1v) is 8.92. The molecule has 0 atom stereocenters. The Morgan fingerprint density at radius 2 is 1.61 bits per heavy atom. The van der Waals surface area contributed by atoms with Crippen molar-refractivity contribution in [3.05, 3.63) is 70.0 Å². The van der Waals surface area contributed by atoms with Crippen LogP contribution in [0.1, 0.15) is 42.0 Å². The van der Waals surface area contributed by atoms with Crippen LogP contribution < -0.4 is 4.74 Å². The Labute approximate surface area is 158 Å². The van der Waals surface area contributed by atoms with Crippen molar-refractivity contribution >= 4 is 5.57 Å². The summed E-state index contributed by atoms with van der Waals surface area (Å²) in [6.07, 6.45) is -1.04. The van der Waals surface area contributed by atoms with Crippen LogP contribution in [0.15, 0.2) is 30.3 Å². The van der Waals surface area contributed by atoms with Crippen molar-refractivity contribution in [3.8, 4) is 5.75 Å². The number of hydrogen-bond donors (Lipinski definition) is 0. The van der Waals surface area contributed by atoms with Crippen molar-refractivity contribution in [2.45, 2.75) is 45.4 Å². The maximum absolute atomic E-state index is 14.5. The Morgan fingerprint density at radius 3 is 2.21 bits per heavy atom. The van der Waals surface area contributed by atoms with Crippen molar-refractivity contribution in [2.24, 2.45) is 0 Å². The normalized spacial score (nSPS) is 13.9. The van der Waals surface area contributed by atoms with E-state index in [2.05, 4.69) is 4.74 Å². The van der Waals surface area contributed by atoms with Gasteiger partial charge in [-0.2, -0.15) is 0 Å². The van der Waals surface area contributed by atoms with E-state index in [1.165, 1.54) is 12.1 Å². The molecule has 7 heteroatoms. The summed E-state index contributed by atoms with van der Waals surface area (Å²) in [5, 5.41) is 0. The largest absolute Gasteiger partial charge is 0.573 e. The molecule has 0 aliphatic heterocycles. The zero-order valence-electron chi connectivity index (χ0n) is 15.1. The van der Waals surface area contributed by atoms with Crippen molar-refractivity contribution in [1.29, 1.82) is 0 Å². The quantitative estimate of drug-likeness (QED) is 0.519. The molecule has 0 saturated heterocycles. The summed E-state index contributed by atoms with van der Waals surface area (Å²) in [4.78, 5) is 0. The van der Waals surface area contributed by atoms with Crippen LogP contribution in [0.25, 0.3) is 5.57 Å². The van der Waals surface area contributed by atoms with Gasteiger partial charge in [-0.05, 0) is 72.2 Å². The van der Waals surface area contributed by atoms with Crippen molar-refractivity contribution in [3.63, 3.8) is 0 Å². The van der Waals surface area contributed by atoms with Crippen LogP contribution in [0.3, 0.4) is 0 Å². The topological polar surface area (TPSA) is 9.23 Å². The van der Waals surface area contributed by atoms with Crippen LogP contribution in [0.4, 0.5) is 26.3 Å². The van der Waals surface area contributed by atoms with E-state index in [1.807, 2.05) is 6.92 Å². The van der Waals surface area contributed by atoms with Gasteiger partial charge >= 0.3 is 6.36 Å². The monoisotopic (exact) mass is 400 g/mol. The number of allylic oxidation sites excluding steroid dienone is 2.